The number of ether oxygens (including phenoxy) is 2. The molecule has 166 valence electrons. The van der Waals surface area contributed by atoms with E-state index < -0.39 is 0 Å². The van der Waals surface area contributed by atoms with Crippen molar-refractivity contribution in [2.75, 3.05) is 19.0 Å². The molecule has 2 aromatic rings. The summed E-state index contributed by atoms with van der Waals surface area (Å²) < 4.78 is 13.6. The van der Waals surface area contributed by atoms with E-state index in [1.165, 1.54) is 0 Å². The summed E-state index contributed by atoms with van der Waals surface area (Å²) in [5, 5.41) is 3.29. The van der Waals surface area contributed by atoms with Crippen molar-refractivity contribution in [1.29, 1.82) is 0 Å². The Morgan fingerprint density at radius 2 is 1.81 bits per heavy atom. The van der Waals surface area contributed by atoms with Gasteiger partial charge in [0.15, 0.2) is 28.8 Å². The Hall–Kier alpha value is -3.61. The molecule has 0 aliphatic carbocycles. The van der Waals surface area contributed by atoms with Crippen LogP contribution in [0.3, 0.4) is 0 Å². The van der Waals surface area contributed by atoms with Crippen molar-refractivity contribution in [3.05, 3.63) is 71.8 Å². The van der Waals surface area contributed by atoms with Gasteiger partial charge in [-0.25, -0.2) is 15.0 Å². The number of fused-ring (bicyclic) bond motifs is 1. The molecule has 0 saturated carbocycles. The molecule has 7 nitrogen and oxygen atoms in total. The Balaban J connectivity index is 1.62. The molecule has 0 aromatic heterocycles. The van der Waals surface area contributed by atoms with E-state index in [1.54, 1.807) is 7.11 Å². The van der Waals surface area contributed by atoms with Gasteiger partial charge in [-0.3, -0.25) is 0 Å². The second-order valence-corrected chi connectivity index (χ2v) is 7.92. The number of nitrogens with one attached hydrogen (secondary N) is 1. The van der Waals surface area contributed by atoms with Crippen LogP contribution in [0.15, 0.2) is 54.9 Å². The van der Waals surface area contributed by atoms with Gasteiger partial charge < -0.3 is 19.4 Å². The van der Waals surface area contributed by atoms with Crippen molar-refractivity contribution >= 4 is 5.82 Å². The molecule has 0 bridgehead atoms. The van der Waals surface area contributed by atoms with E-state index in [-0.39, 0.29) is 5.92 Å². The van der Waals surface area contributed by atoms with Crippen molar-refractivity contribution in [1.82, 2.24) is 19.5 Å². The highest BCUT2D eigenvalue weighted by molar-refractivity contribution is 5.67. The first-order chi connectivity index (χ1) is 15.6. The Morgan fingerprint density at radius 3 is 2.53 bits per heavy atom. The van der Waals surface area contributed by atoms with Crippen LogP contribution in [0, 0.1) is 0 Å². The van der Waals surface area contributed by atoms with Gasteiger partial charge in [0.25, 0.3) is 0 Å². The second-order valence-electron chi connectivity index (χ2n) is 7.92. The van der Waals surface area contributed by atoms with Crippen molar-refractivity contribution in [2.24, 2.45) is 0 Å². The van der Waals surface area contributed by atoms with Crippen LogP contribution in [0.25, 0.3) is 11.5 Å². The smallest absolute Gasteiger partial charge is 0.166 e. The molecular formula is C25H29N5O2. The fraction of sp³-hybridized carbons (Fsp3) is 0.320. The Kier molecular flexibility index (Phi) is 6.54. The molecule has 32 heavy (non-hydrogen) atoms. The zero-order valence-electron chi connectivity index (χ0n) is 19.0. The van der Waals surface area contributed by atoms with Gasteiger partial charge in [-0.05, 0) is 30.2 Å². The summed E-state index contributed by atoms with van der Waals surface area (Å²) in [6.45, 7) is 8.08. The Bertz CT molecular complexity index is 1140. The number of rotatable bonds is 9. The summed E-state index contributed by atoms with van der Waals surface area (Å²) in [5.41, 5.74) is 2.96. The first-order valence-corrected chi connectivity index (χ1v) is 10.9. The van der Waals surface area contributed by atoms with Crippen molar-refractivity contribution in [3.63, 3.8) is 0 Å². The summed E-state index contributed by atoms with van der Waals surface area (Å²) in [6, 6.07) is 16.1. The van der Waals surface area contributed by atoms with E-state index >= 15 is 0 Å². The predicted molar refractivity (Wildman–Crippen MR) is 126 cm³/mol. The van der Waals surface area contributed by atoms with E-state index in [0.29, 0.717) is 24.7 Å². The lowest BCUT2D eigenvalue weighted by molar-refractivity contribution is 0.284. The van der Waals surface area contributed by atoms with E-state index in [1.807, 2.05) is 66.3 Å². The number of methoxy groups -OCH3 is 1. The minimum Gasteiger partial charge on any atom is -0.493 e. The Labute approximate surface area is 188 Å². The maximum atomic E-state index is 6.08. The number of aromatic nitrogens is 4. The van der Waals surface area contributed by atoms with Crippen LogP contribution in [0.5, 0.6) is 11.5 Å². The Morgan fingerprint density at radius 1 is 1.00 bits per heavy atom. The van der Waals surface area contributed by atoms with Gasteiger partial charge in [0.2, 0.25) is 0 Å². The molecule has 0 unspecified atom stereocenters. The average molecular weight is 432 g/mol. The zero-order valence-corrected chi connectivity index (χ0v) is 19.0. The lowest BCUT2D eigenvalue weighted by atomic mass is 10.2. The van der Waals surface area contributed by atoms with Crippen molar-refractivity contribution in [3.8, 4) is 23.0 Å². The number of hydrogen-bond acceptors (Lipinski definition) is 6. The third-order valence-corrected chi connectivity index (χ3v) is 5.16. The van der Waals surface area contributed by atoms with Crippen LogP contribution < -0.4 is 14.8 Å². The van der Waals surface area contributed by atoms with Crippen LogP contribution in [0.1, 0.15) is 43.6 Å². The van der Waals surface area contributed by atoms with Gasteiger partial charge in [0, 0.05) is 12.5 Å². The third-order valence-electron chi connectivity index (χ3n) is 5.16. The fourth-order valence-corrected chi connectivity index (χ4v) is 3.49. The van der Waals surface area contributed by atoms with Gasteiger partial charge in [0.05, 0.1) is 20.0 Å². The second kappa shape index (κ2) is 9.68. The number of imidazole rings is 1. The molecule has 1 N–H and O–H groups in total. The molecule has 2 aromatic carbocycles. The van der Waals surface area contributed by atoms with Crippen molar-refractivity contribution < 1.29 is 9.47 Å². The molecule has 2 heterocycles. The van der Waals surface area contributed by atoms with Gasteiger partial charge in [-0.2, -0.15) is 0 Å². The molecule has 0 atom stereocenters. The number of nitrogens with zero attached hydrogens (tertiary/aromatic N) is 4. The molecular weight excluding hydrogens is 402 g/mol. The molecule has 2 aliphatic heterocycles. The highest BCUT2D eigenvalue weighted by atomic mass is 16.5. The highest BCUT2D eigenvalue weighted by Gasteiger charge is 2.21. The SMILES string of the molecule is CCNc1ncn(Cc2ccc(OC)c(OCc3ccccc3)c2)c2nc(C(C)C)nc1-2. The topological polar surface area (TPSA) is 74.1 Å². The summed E-state index contributed by atoms with van der Waals surface area (Å²) >= 11 is 0. The number of benzene rings is 2. The molecule has 0 saturated heterocycles. The number of anilines is 1. The average Bonchev–Trinajstić information content (AvgIpc) is 3.27. The van der Waals surface area contributed by atoms with Gasteiger partial charge >= 0.3 is 0 Å². The first kappa shape index (κ1) is 21.6. The summed E-state index contributed by atoms with van der Waals surface area (Å²) in [4.78, 5) is 14.1. The maximum absolute atomic E-state index is 6.08. The zero-order chi connectivity index (χ0) is 22.5. The molecule has 2 aliphatic rings. The van der Waals surface area contributed by atoms with Crippen LogP contribution in [-0.2, 0) is 13.2 Å². The van der Waals surface area contributed by atoms with Crippen LogP contribution in [0.4, 0.5) is 5.82 Å². The lowest BCUT2D eigenvalue weighted by Gasteiger charge is -2.15. The third kappa shape index (κ3) is 4.66. The maximum Gasteiger partial charge on any atom is 0.166 e. The van der Waals surface area contributed by atoms with Gasteiger partial charge in [0.1, 0.15) is 12.4 Å². The highest BCUT2D eigenvalue weighted by Crippen LogP contribution is 2.31. The molecule has 4 rings (SSSR count). The summed E-state index contributed by atoms with van der Waals surface area (Å²) in [5.74, 6) is 4.06. The van der Waals surface area contributed by atoms with E-state index in [0.717, 1.165) is 40.8 Å². The summed E-state index contributed by atoms with van der Waals surface area (Å²) in [6.07, 6.45) is 1.81. The minimum absolute atomic E-state index is 0.240. The van der Waals surface area contributed by atoms with E-state index in [4.69, 9.17) is 19.4 Å². The normalized spacial score (nSPS) is 11.2. The van der Waals surface area contributed by atoms with Crippen molar-refractivity contribution in [2.45, 2.75) is 39.8 Å². The number of hydrogen-bond donors (Lipinski definition) is 1. The van der Waals surface area contributed by atoms with E-state index in [2.05, 4.69) is 24.1 Å². The minimum atomic E-state index is 0.240. The van der Waals surface area contributed by atoms with Gasteiger partial charge in [-0.1, -0.05) is 50.2 Å². The van der Waals surface area contributed by atoms with Crippen LogP contribution >= 0.6 is 0 Å². The molecule has 0 spiro atoms. The fourth-order valence-electron chi connectivity index (χ4n) is 3.49. The van der Waals surface area contributed by atoms with Crippen LogP contribution in [0.2, 0.25) is 0 Å². The summed E-state index contributed by atoms with van der Waals surface area (Å²) in [7, 11) is 1.65. The predicted octanol–water partition coefficient (Wildman–Crippen LogP) is 4.97. The molecule has 0 radical (unpaired) electrons. The lowest BCUT2D eigenvalue weighted by Crippen LogP contribution is -2.11. The monoisotopic (exact) mass is 431 g/mol. The standard InChI is InChI=1S/C25H29N5O2/c1-5-26-24-22-25(29-23(28-22)17(2)3)30(16-27-24)14-19-11-12-20(31-4)21(13-19)32-15-18-9-7-6-8-10-18/h6-13,16-17,26H,5,14-15H2,1-4H3. The van der Waals surface area contributed by atoms with Gasteiger partial charge in [-0.15, -0.1) is 0 Å². The first-order valence-electron chi connectivity index (χ1n) is 10.9. The van der Waals surface area contributed by atoms with Crippen LogP contribution in [-0.4, -0.2) is 33.2 Å². The van der Waals surface area contributed by atoms with E-state index in [9.17, 15) is 0 Å². The molecule has 0 fully saturated rings. The molecule has 0 amide bonds. The quantitative estimate of drug-likeness (QED) is 0.403. The largest absolute Gasteiger partial charge is 0.493 e. The molecule has 7 heteroatoms.